The summed E-state index contributed by atoms with van der Waals surface area (Å²) in [6.45, 7) is -0.532. The molecule has 0 aromatic heterocycles. The highest BCUT2D eigenvalue weighted by Crippen LogP contribution is 2.40. The number of rotatable bonds is 6. The van der Waals surface area contributed by atoms with Crippen LogP contribution in [0.3, 0.4) is 0 Å². The van der Waals surface area contributed by atoms with Crippen molar-refractivity contribution in [1.82, 2.24) is 10.0 Å². The number of nitrogens with zero attached hydrogens (tertiary/aromatic N) is 4. The molecule has 2 aromatic carbocycles. The van der Waals surface area contributed by atoms with E-state index in [4.69, 9.17) is 11.6 Å². The predicted octanol–water partition coefficient (Wildman–Crippen LogP) is 3.89. The lowest BCUT2D eigenvalue weighted by Crippen LogP contribution is -2.50. The van der Waals surface area contributed by atoms with E-state index in [1.54, 1.807) is 0 Å². The Morgan fingerprint density at radius 1 is 0.971 bits per heavy atom. The average Bonchev–Trinajstić information content (AvgIpc) is 3.08. The van der Waals surface area contributed by atoms with E-state index in [0.29, 0.717) is 12.8 Å². The van der Waals surface area contributed by atoms with Crippen molar-refractivity contribution in [2.45, 2.75) is 32.2 Å². The summed E-state index contributed by atoms with van der Waals surface area (Å²) in [4.78, 5) is 61.7. The van der Waals surface area contributed by atoms with Crippen LogP contribution in [0.15, 0.2) is 42.5 Å². The lowest BCUT2D eigenvalue weighted by atomic mass is 9.81. The van der Waals surface area contributed by atoms with Gasteiger partial charge in [0.1, 0.15) is 5.56 Å². The second-order valence-corrected chi connectivity index (χ2v) is 8.59. The maximum Gasteiger partial charge on any atom is 0.282 e. The van der Waals surface area contributed by atoms with Crippen molar-refractivity contribution < 1.29 is 24.2 Å². The van der Waals surface area contributed by atoms with Crippen molar-refractivity contribution in [3.63, 3.8) is 0 Å². The van der Waals surface area contributed by atoms with E-state index < -0.39 is 57.3 Å². The van der Waals surface area contributed by atoms with Gasteiger partial charge in [-0.25, -0.2) is 5.01 Å². The van der Waals surface area contributed by atoms with Gasteiger partial charge >= 0.3 is 0 Å². The van der Waals surface area contributed by atoms with Gasteiger partial charge < -0.3 is 0 Å². The van der Waals surface area contributed by atoms with E-state index in [2.05, 4.69) is 0 Å². The number of hydrogen-bond acceptors (Lipinski definition) is 7. The van der Waals surface area contributed by atoms with Crippen LogP contribution < -0.4 is 0 Å². The summed E-state index contributed by atoms with van der Waals surface area (Å²) in [6.07, 6.45) is 2.49. The topological polar surface area (TPSA) is 144 Å². The lowest BCUT2D eigenvalue weighted by Gasteiger charge is -2.30. The van der Waals surface area contributed by atoms with Crippen LogP contribution in [-0.4, -0.2) is 37.6 Å². The number of hydrazine groups is 1. The molecule has 1 saturated heterocycles. The summed E-state index contributed by atoms with van der Waals surface area (Å²) in [6, 6.07) is 8.92. The van der Waals surface area contributed by atoms with Crippen LogP contribution in [0.5, 0.6) is 0 Å². The van der Waals surface area contributed by atoms with Crippen LogP contribution in [0.1, 0.15) is 41.6 Å². The monoisotopic (exact) mass is 486 g/mol. The molecule has 0 unspecified atom stereocenters. The van der Waals surface area contributed by atoms with Gasteiger partial charge in [-0.2, -0.15) is 5.01 Å². The number of nitro benzene ring substituents is 2. The van der Waals surface area contributed by atoms with Crippen LogP contribution in [0.2, 0.25) is 5.02 Å². The Balaban J connectivity index is 1.82. The molecule has 2 aromatic rings. The number of amides is 3. The predicted molar refractivity (Wildman–Crippen MR) is 118 cm³/mol. The number of carbonyl (C=O) groups is 3. The molecule has 34 heavy (non-hydrogen) atoms. The highest BCUT2D eigenvalue weighted by Gasteiger charge is 2.52. The largest absolute Gasteiger partial charge is 0.282 e. The van der Waals surface area contributed by atoms with Crippen molar-refractivity contribution in [3.05, 3.63) is 78.8 Å². The number of fused-ring (bicyclic) bond motifs is 1. The van der Waals surface area contributed by atoms with E-state index in [-0.39, 0.29) is 16.1 Å². The van der Waals surface area contributed by atoms with Gasteiger partial charge in [0, 0.05) is 17.2 Å². The minimum Gasteiger partial charge on any atom is -0.272 e. The quantitative estimate of drug-likeness (QED) is 0.342. The number of halogens is 1. The molecular weight excluding hydrogens is 468 g/mol. The van der Waals surface area contributed by atoms with Crippen molar-refractivity contribution in [1.29, 1.82) is 0 Å². The minimum atomic E-state index is -0.989. The van der Waals surface area contributed by atoms with E-state index in [0.717, 1.165) is 35.0 Å². The number of imide groups is 1. The molecule has 1 aliphatic heterocycles. The van der Waals surface area contributed by atoms with Gasteiger partial charge in [0.15, 0.2) is 0 Å². The Morgan fingerprint density at radius 3 is 2.15 bits per heavy atom. The van der Waals surface area contributed by atoms with Crippen LogP contribution in [0.25, 0.3) is 0 Å². The molecule has 4 rings (SSSR count). The highest BCUT2D eigenvalue weighted by molar-refractivity contribution is 6.30. The first kappa shape index (κ1) is 23.3. The standard InChI is InChI=1S/C22H19ClN4O7/c23-14-10-9-13(19(11-14)27(33)34)12-24(20(28)17-7-3-4-8-18(17)26(31)32)25-21(29)15-5-1-2-6-16(15)22(25)30/h3-4,7-11,15-16H,1-2,5-6,12H2/t15-,16-/m0/s1. The molecule has 1 aliphatic carbocycles. The third kappa shape index (κ3) is 4.10. The Bertz CT molecular complexity index is 1190. The third-order valence-electron chi connectivity index (χ3n) is 6.19. The smallest absolute Gasteiger partial charge is 0.272 e. The molecule has 12 heteroatoms. The maximum absolute atomic E-state index is 13.6. The fourth-order valence-electron chi connectivity index (χ4n) is 4.57. The van der Waals surface area contributed by atoms with Crippen molar-refractivity contribution in [3.8, 4) is 0 Å². The minimum absolute atomic E-state index is 0.0109. The average molecular weight is 487 g/mol. The third-order valence-corrected chi connectivity index (χ3v) is 6.42. The first-order chi connectivity index (χ1) is 16.2. The molecular formula is C22H19ClN4O7. The summed E-state index contributed by atoms with van der Waals surface area (Å²) in [7, 11) is 0. The Labute approximate surface area is 198 Å². The van der Waals surface area contributed by atoms with Gasteiger partial charge in [-0.3, -0.25) is 34.6 Å². The first-order valence-electron chi connectivity index (χ1n) is 10.6. The number of hydrogen-bond donors (Lipinski definition) is 0. The number of para-hydroxylation sites is 1. The van der Waals surface area contributed by atoms with Gasteiger partial charge in [-0.15, -0.1) is 0 Å². The maximum atomic E-state index is 13.6. The van der Waals surface area contributed by atoms with E-state index >= 15 is 0 Å². The summed E-state index contributed by atoms with van der Waals surface area (Å²) in [5.74, 6) is -3.35. The van der Waals surface area contributed by atoms with Crippen LogP contribution >= 0.6 is 11.6 Å². The molecule has 0 N–H and O–H groups in total. The van der Waals surface area contributed by atoms with Gasteiger partial charge in [0.2, 0.25) is 0 Å². The highest BCUT2D eigenvalue weighted by atomic mass is 35.5. The molecule has 1 heterocycles. The zero-order valence-electron chi connectivity index (χ0n) is 17.8. The van der Waals surface area contributed by atoms with Gasteiger partial charge in [-0.05, 0) is 31.0 Å². The summed E-state index contributed by atoms with van der Waals surface area (Å²) in [5, 5.41) is 24.7. The molecule has 2 fully saturated rings. The van der Waals surface area contributed by atoms with Crippen LogP contribution in [0, 0.1) is 32.1 Å². The van der Waals surface area contributed by atoms with E-state index in [1.165, 1.54) is 30.3 Å². The summed E-state index contributed by atoms with van der Waals surface area (Å²) < 4.78 is 0. The number of benzene rings is 2. The van der Waals surface area contributed by atoms with Crippen LogP contribution in [-0.2, 0) is 16.1 Å². The number of carbonyl (C=O) groups excluding carboxylic acids is 3. The Kier molecular flexibility index (Phi) is 6.29. The fourth-order valence-corrected chi connectivity index (χ4v) is 4.74. The molecule has 1 saturated carbocycles. The van der Waals surface area contributed by atoms with Crippen molar-refractivity contribution in [2.24, 2.45) is 11.8 Å². The SMILES string of the molecule is O=C(c1ccccc1[N+](=O)[O-])N(Cc1ccc(Cl)cc1[N+](=O)[O-])N1C(=O)[C@H]2CCCC[C@@H]2C1=O. The molecule has 2 aliphatic rings. The second kappa shape index (κ2) is 9.18. The summed E-state index contributed by atoms with van der Waals surface area (Å²) in [5.41, 5.74) is -1.26. The van der Waals surface area contributed by atoms with Crippen molar-refractivity contribution >= 4 is 40.7 Å². The molecule has 3 amide bonds. The normalized spacial score (nSPS) is 19.6. The molecule has 0 radical (unpaired) electrons. The zero-order chi connectivity index (χ0) is 24.6. The van der Waals surface area contributed by atoms with Gasteiger partial charge in [0.05, 0.1) is 33.8 Å². The molecule has 0 bridgehead atoms. The molecule has 0 spiro atoms. The van der Waals surface area contributed by atoms with E-state index in [1.807, 2.05) is 0 Å². The molecule has 176 valence electrons. The second-order valence-electron chi connectivity index (χ2n) is 8.15. The van der Waals surface area contributed by atoms with E-state index in [9.17, 15) is 34.6 Å². The molecule has 2 atom stereocenters. The van der Waals surface area contributed by atoms with Gasteiger partial charge in [0.25, 0.3) is 29.1 Å². The van der Waals surface area contributed by atoms with Gasteiger partial charge in [-0.1, -0.05) is 36.6 Å². The Hall–Kier alpha value is -3.86. The Morgan fingerprint density at radius 2 is 1.56 bits per heavy atom. The summed E-state index contributed by atoms with van der Waals surface area (Å²) >= 11 is 5.89. The zero-order valence-corrected chi connectivity index (χ0v) is 18.5. The number of nitro groups is 2. The molecule has 11 nitrogen and oxygen atoms in total. The van der Waals surface area contributed by atoms with Crippen LogP contribution in [0.4, 0.5) is 11.4 Å². The van der Waals surface area contributed by atoms with Crippen molar-refractivity contribution in [2.75, 3.05) is 0 Å². The first-order valence-corrected chi connectivity index (χ1v) is 10.9. The lowest BCUT2D eigenvalue weighted by molar-refractivity contribution is -0.385. The fraction of sp³-hybridized carbons (Fsp3) is 0.318.